The van der Waals surface area contributed by atoms with Gasteiger partial charge in [0.1, 0.15) is 12.0 Å². The maximum absolute atomic E-state index is 11.9. The maximum Gasteiger partial charge on any atom is 0.337 e. The Morgan fingerprint density at radius 2 is 2.00 bits per heavy atom. The first-order valence-electron chi connectivity index (χ1n) is 9.09. The van der Waals surface area contributed by atoms with Crippen molar-refractivity contribution in [1.29, 1.82) is 0 Å². The number of ether oxygens (including phenoxy) is 1. The van der Waals surface area contributed by atoms with Crippen LogP contribution < -0.4 is 5.43 Å². The molecule has 2 heterocycles. The van der Waals surface area contributed by atoms with E-state index < -0.39 is 4.92 Å². The smallest absolute Gasteiger partial charge is 0.337 e. The van der Waals surface area contributed by atoms with Gasteiger partial charge in [0.25, 0.3) is 5.69 Å². The number of pyridine rings is 1. The number of esters is 1. The predicted octanol–water partition coefficient (Wildman–Crippen LogP) is 3.94. The van der Waals surface area contributed by atoms with Crippen LogP contribution in [0.25, 0.3) is 5.69 Å². The van der Waals surface area contributed by atoms with Gasteiger partial charge in [-0.2, -0.15) is 5.10 Å². The molecule has 0 spiro atoms. The van der Waals surface area contributed by atoms with E-state index in [0.717, 1.165) is 28.2 Å². The molecular weight excluding hydrogens is 386 g/mol. The number of nitrogens with one attached hydrogen (secondary N) is 1. The molecule has 0 radical (unpaired) electrons. The summed E-state index contributed by atoms with van der Waals surface area (Å²) in [6, 6.07) is 10.3. The summed E-state index contributed by atoms with van der Waals surface area (Å²) in [4.78, 5) is 26.0. The van der Waals surface area contributed by atoms with E-state index in [1.54, 1.807) is 18.3 Å². The molecule has 0 saturated heterocycles. The molecule has 3 rings (SSSR count). The van der Waals surface area contributed by atoms with Gasteiger partial charge in [-0.1, -0.05) is 6.07 Å². The normalized spacial score (nSPS) is 10.9. The Hall–Kier alpha value is -4.01. The van der Waals surface area contributed by atoms with Gasteiger partial charge in [-0.05, 0) is 50.6 Å². The molecule has 0 aliphatic heterocycles. The van der Waals surface area contributed by atoms with E-state index in [9.17, 15) is 14.9 Å². The van der Waals surface area contributed by atoms with Gasteiger partial charge in [0.05, 0.1) is 23.8 Å². The summed E-state index contributed by atoms with van der Waals surface area (Å²) < 4.78 is 6.88. The van der Waals surface area contributed by atoms with Crippen molar-refractivity contribution in [3.8, 4) is 5.69 Å². The van der Waals surface area contributed by atoms with Crippen LogP contribution >= 0.6 is 0 Å². The van der Waals surface area contributed by atoms with E-state index in [1.807, 2.05) is 37.5 Å². The third kappa shape index (κ3) is 4.19. The Balaban J connectivity index is 1.86. The quantitative estimate of drug-likeness (QED) is 0.287. The van der Waals surface area contributed by atoms with Crippen molar-refractivity contribution in [2.45, 2.75) is 20.8 Å². The number of carbonyl (C=O) groups excluding carboxylic acids is 1. The lowest BCUT2D eigenvalue weighted by atomic mass is 10.1. The van der Waals surface area contributed by atoms with E-state index in [0.29, 0.717) is 11.4 Å². The Bertz CT molecular complexity index is 1130. The zero-order valence-electron chi connectivity index (χ0n) is 17.0. The van der Waals surface area contributed by atoms with Crippen LogP contribution in [0.15, 0.2) is 47.7 Å². The second kappa shape index (κ2) is 8.56. The lowest BCUT2D eigenvalue weighted by molar-refractivity contribution is -0.385. The molecule has 0 bridgehead atoms. The number of hydrogen-bond acceptors (Lipinski definition) is 7. The van der Waals surface area contributed by atoms with Gasteiger partial charge in [-0.3, -0.25) is 15.5 Å². The fraction of sp³-hybridized carbons (Fsp3) is 0.190. The fourth-order valence-corrected chi connectivity index (χ4v) is 3.11. The average Bonchev–Trinajstić information content (AvgIpc) is 3.01. The number of methoxy groups -OCH3 is 1. The second-order valence-electron chi connectivity index (χ2n) is 6.68. The van der Waals surface area contributed by atoms with Crippen molar-refractivity contribution in [1.82, 2.24) is 9.55 Å². The van der Waals surface area contributed by atoms with Crippen LogP contribution in [-0.4, -0.2) is 33.8 Å². The monoisotopic (exact) mass is 407 g/mol. The third-order valence-corrected chi connectivity index (χ3v) is 4.68. The van der Waals surface area contributed by atoms with Crippen molar-refractivity contribution < 1.29 is 14.5 Å². The van der Waals surface area contributed by atoms with Crippen molar-refractivity contribution in [3.63, 3.8) is 0 Å². The average molecular weight is 407 g/mol. The summed E-state index contributed by atoms with van der Waals surface area (Å²) in [5.41, 5.74) is 7.86. The second-order valence-corrected chi connectivity index (χ2v) is 6.68. The summed E-state index contributed by atoms with van der Waals surface area (Å²) in [5.74, 6) is 0.00702. The van der Waals surface area contributed by atoms with E-state index >= 15 is 0 Å². The highest BCUT2D eigenvalue weighted by Gasteiger charge is 2.14. The van der Waals surface area contributed by atoms with Gasteiger partial charge in [0, 0.05) is 28.7 Å². The molecule has 9 nitrogen and oxygen atoms in total. The largest absolute Gasteiger partial charge is 0.465 e. The number of aromatic nitrogens is 2. The van der Waals surface area contributed by atoms with Gasteiger partial charge in [-0.25, -0.2) is 9.78 Å². The first-order chi connectivity index (χ1) is 14.3. The Morgan fingerprint density at radius 3 is 2.63 bits per heavy atom. The number of nitrogens with zero attached hydrogens (tertiary/aromatic N) is 4. The number of aryl methyl sites for hydroxylation is 2. The van der Waals surface area contributed by atoms with Gasteiger partial charge in [0.2, 0.25) is 0 Å². The molecular formula is C21H21N5O4. The molecule has 1 aromatic carbocycles. The molecule has 0 fully saturated rings. The van der Waals surface area contributed by atoms with Crippen molar-refractivity contribution >= 4 is 23.7 Å². The lowest BCUT2D eigenvalue weighted by Crippen LogP contribution is -2.06. The minimum atomic E-state index is -0.508. The molecule has 9 heteroatoms. The number of anilines is 1. The number of carbonyl (C=O) groups is 1. The fourth-order valence-electron chi connectivity index (χ4n) is 3.11. The number of benzene rings is 1. The van der Waals surface area contributed by atoms with E-state index in [4.69, 9.17) is 4.74 Å². The zero-order chi connectivity index (χ0) is 21.8. The van der Waals surface area contributed by atoms with Gasteiger partial charge < -0.3 is 9.30 Å². The Morgan fingerprint density at radius 1 is 1.23 bits per heavy atom. The summed E-state index contributed by atoms with van der Waals surface area (Å²) >= 11 is 0. The SMILES string of the molecule is COC(=O)c1ccc(C)c(-n2c(C)cc(/C=N/Nc3ccc([N+](=O)[O-])cn3)c2C)c1. The van der Waals surface area contributed by atoms with Gasteiger partial charge >= 0.3 is 5.97 Å². The van der Waals surface area contributed by atoms with E-state index in [2.05, 4.69) is 15.5 Å². The Kier molecular flexibility index (Phi) is 5.91. The molecule has 1 N–H and O–H groups in total. The van der Waals surface area contributed by atoms with Crippen molar-refractivity contribution in [2.75, 3.05) is 12.5 Å². The Labute approximate surface area is 173 Å². The molecule has 30 heavy (non-hydrogen) atoms. The van der Waals surface area contributed by atoms with E-state index in [-0.39, 0.29) is 11.7 Å². The first kappa shape index (κ1) is 20.7. The highest BCUT2D eigenvalue weighted by atomic mass is 16.6. The predicted molar refractivity (Wildman–Crippen MR) is 113 cm³/mol. The van der Waals surface area contributed by atoms with Crippen LogP contribution in [-0.2, 0) is 4.74 Å². The highest BCUT2D eigenvalue weighted by Crippen LogP contribution is 2.24. The molecule has 0 atom stereocenters. The molecule has 0 aliphatic carbocycles. The first-order valence-corrected chi connectivity index (χ1v) is 9.09. The van der Waals surface area contributed by atoms with Gasteiger partial charge in [0.15, 0.2) is 0 Å². The summed E-state index contributed by atoms with van der Waals surface area (Å²) in [7, 11) is 1.36. The number of hydrogen-bond donors (Lipinski definition) is 1. The maximum atomic E-state index is 11.9. The molecule has 0 aliphatic rings. The lowest BCUT2D eigenvalue weighted by Gasteiger charge is -2.14. The molecule has 0 unspecified atom stereocenters. The van der Waals surface area contributed by atoms with Crippen LogP contribution in [0.5, 0.6) is 0 Å². The third-order valence-electron chi connectivity index (χ3n) is 4.68. The molecule has 154 valence electrons. The number of hydrazone groups is 1. The van der Waals surface area contributed by atoms with E-state index in [1.165, 1.54) is 25.4 Å². The van der Waals surface area contributed by atoms with Crippen LogP contribution in [0, 0.1) is 30.9 Å². The zero-order valence-corrected chi connectivity index (χ0v) is 17.0. The molecule has 3 aromatic rings. The number of rotatable bonds is 6. The minimum Gasteiger partial charge on any atom is -0.465 e. The van der Waals surface area contributed by atoms with Crippen LogP contribution in [0.1, 0.15) is 32.9 Å². The van der Waals surface area contributed by atoms with Crippen LogP contribution in [0.2, 0.25) is 0 Å². The topological polar surface area (TPSA) is 112 Å². The number of nitro groups is 1. The molecule has 2 aromatic heterocycles. The van der Waals surface area contributed by atoms with Gasteiger partial charge in [-0.15, -0.1) is 0 Å². The van der Waals surface area contributed by atoms with Crippen molar-refractivity contribution in [2.24, 2.45) is 5.10 Å². The van der Waals surface area contributed by atoms with Crippen molar-refractivity contribution in [3.05, 3.63) is 80.8 Å². The summed E-state index contributed by atoms with van der Waals surface area (Å²) in [6.45, 7) is 5.91. The standard InChI is InChI=1S/C21H21N5O4/c1-13-5-6-16(21(27)30-4)10-19(13)25-14(2)9-17(15(25)3)11-23-24-20-8-7-18(12-22-20)26(28)29/h5-12H,1-4H3,(H,22,24)/b23-11+. The summed E-state index contributed by atoms with van der Waals surface area (Å²) in [5, 5.41) is 14.9. The molecule has 0 amide bonds. The molecule has 0 saturated carbocycles. The van der Waals surface area contributed by atoms with Crippen LogP contribution in [0.3, 0.4) is 0 Å². The van der Waals surface area contributed by atoms with Crippen LogP contribution in [0.4, 0.5) is 11.5 Å². The minimum absolute atomic E-state index is 0.0855. The summed E-state index contributed by atoms with van der Waals surface area (Å²) in [6.07, 6.45) is 2.82. The highest BCUT2D eigenvalue weighted by molar-refractivity contribution is 5.90.